The van der Waals surface area contributed by atoms with E-state index in [4.69, 9.17) is 23.1 Å². The molecular weight excluding hydrogens is 274 g/mol. The number of unbranched alkanes of at least 4 members (excludes halogenated alkanes) is 1. The van der Waals surface area contributed by atoms with Gasteiger partial charge < -0.3 is 16.8 Å². The topological polar surface area (TPSA) is 81.1 Å². The Kier molecular flexibility index (Phi) is 6.65. The fourth-order valence-corrected chi connectivity index (χ4v) is 2.49. The number of nitrogens with one attached hydrogen (secondary N) is 1. The van der Waals surface area contributed by atoms with Crippen molar-refractivity contribution < 1.29 is 4.79 Å². The van der Waals surface area contributed by atoms with Gasteiger partial charge in [-0.05, 0) is 24.5 Å². The molecule has 1 aromatic carbocycles. The molecule has 112 valence electrons. The van der Waals surface area contributed by atoms with E-state index in [2.05, 4.69) is 19.2 Å². The first-order valence-electron chi connectivity index (χ1n) is 7.12. The van der Waals surface area contributed by atoms with Crippen LogP contribution >= 0.6 is 11.6 Å². The minimum atomic E-state index is -0.525. The van der Waals surface area contributed by atoms with Gasteiger partial charge in [-0.1, -0.05) is 44.7 Å². The number of carbonyl (C=O) groups is 1. The van der Waals surface area contributed by atoms with E-state index in [1.807, 2.05) is 0 Å². The fourth-order valence-electron chi connectivity index (χ4n) is 2.19. The number of halogens is 1. The lowest BCUT2D eigenvalue weighted by Crippen LogP contribution is -2.19. The summed E-state index contributed by atoms with van der Waals surface area (Å²) in [5, 5.41) is 3.70. The number of hydrogen-bond acceptors (Lipinski definition) is 3. The molecular formula is C15H24ClN3O. The van der Waals surface area contributed by atoms with E-state index >= 15 is 0 Å². The molecule has 0 fully saturated rings. The van der Waals surface area contributed by atoms with Gasteiger partial charge in [0, 0.05) is 12.2 Å². The van der Waals surface area contributed by atoms with Crippen LogP contribution in [0.5, 0.6) is 0 Å². The van der Waals surface area contributed by atoms with Crippen molar-refractivity contribution in [2.24, 2.45) is 11.7 Å². The number of anilines is 2. The van der Waals surface area contributed by atoms with Gasteiger partial charge in [-0.25, -0.2) is 0 Å². The summed E-state index contributed by atoms with van der Waals surface area (Å²) < 4.78 is 0. The molecule has 1 amide bonds. The average molecular weight is 298 g/mol. The van der Waals surface area contributed by atoms with Crippen molar-refractivity contribution >= 4 is 28.9 Å². The van der Waals surface area contributed by atoms with Gasteiger partial charge in [0.05, 0.1) is 16.3 Å². The Bertz CT molecular complexity index is 463. The Morgan fingerprint density at radius 3 is 2.65 bits per heavy atom. The van der Waals surface area contributed by atoms with Crippen LogP contribution in [0.1, 0.15) is 49.9 Å². The van der Waals surface area contributed by atoms with Gasteiger partial charge in [0.2, 0.25) is 0 Å². The van der Waals surface area contributed by atoms with E-state index in [0.717, 1.165) is 13.0 Å². The van der Waals surface area contributed by atoms with Crippen LogP contribution in [0.25, 0.3) is 0 Å². The van der Waals surface area contributed by atoms with Crippen LogP contribution in [0.2, 0.25) is 5.02 Å². The van der Waals surface area contributed by atoms with Crippen LogP contribution in [0, 0.1) is 5.92 Å². The predicted octanol–water partition coefficient (Wildman–Crippen LogP) is 3.65. The van der Waals surface area contributed by atoms with Crippen molar-refractivity contribution in [3.63, 3.8) is 0 Å². The van der Waals surface area contributed by atoms with E-state index in [1.165, 1.54) is 19.3 Å². The highest BCUT2D eigenvalue weighted by Gasteiger charge is 2.14. The SMILES string of the molecule is CCCCC(CC)CNc1c(Cl)cc(N)cc1C(N)=O. The van der Waals surface area contributed by atoms with Gasteiger partial charge in [-0.3, -0.25) is 4.79 Å². The Labute approximate surface area is 125 Å². The Hall–Kier alpha value is -1.42. The third-order valence-electron chi connectivity index (χ3n) is 3.49. The Morgan fingerprint density at radius 2 is 2.10 bits per heavy atom. The summed E-state index contributed by atoms with van der Waals surface area (Å²) in [6.45, 7) is 5.13. The summed E-state index contributed by atoms with van der Waals surface area (Å²) in [5.74, 6) is 0.0348. The van der Waals surface area contributed by atoms with Crippen molar-refractivity contribution in [2.75, 3.05) is 17.6 Å². The highest BCUT2D eigenvalue weighted by atomic mass is 35.5. The molecule has 0 saturated carbocycles. The quantitative estimate of drug-likeness (QED) is 0.641. The van der Waals surface area contributed by atoms with E-state index in [0.29, 0.717) is 27.9 Å². The molecule has 5 heteroatoms. The van der Waals surface area contributed by atoms with Crippen molar-refractivity contribution in [2.45, 2.75) is 39.5 Å². The predicted molar refractivity (Wildman–Crippen MR) is 86.2 cm³/mol. The van der Waals surface area contributed by atoms with Gasteiger partial charge >= 0.3 is 0 Å². The van der Waals surface area contributed by atoms with Crippen molar-refractivity contribution in [1.29, 1.82) is 0 Å². The number of hydrogen-bond donors (Lipinski definition) is 3. The van der Waals surface area contributed by atoms with Gasteiger partial charge in [-0.15, -0.1) is 0 Å². The van der Waals surface area contributed by atoms with Crippen LogP contribution < -0.4 is 16.8 Å². The number of primary amides is 1. The number of rotatable bonds is 8. The molecule has 0 aliphatic carbocycles. The molecule has 0 saturated heterocycles. The van der Waals surface area contributed by atoms with Crippen molar-refractivity contribution in [3.8, 4) is 0 Å². The molecule has 1 aromatic rings. The number of amides is 1. The van der Waals surface area contributed by atoms with Crippen molar-refractivity contribution in [3.05, 3.63) is 22.7 Å². The molecule has 0 spiro atoms. The van der Waals surface area contributed by atoms with E-state index in [1.54, 1.807) is 12.1 Å². The standard InChI is InChI=1S/C15H24ClN3O/c1-3-5-6-10(4-2)9-19-14-12(15(18)20)7-11(17)8-13(14)16/h7-8,10,19H,3-6,9,17H2,1-2H3,(H2,18,20). The van der Waals surface area contributed by atoms with Crippen LogP contribution in [-0.4, -0.2) is 12.5 Å². The normalized spacial score (nSPS) is 12.2. The summed E-state index contributed by atoms with van der Waals surface area (Å²) in [7, 11) is 0. The average Bonchev–Trinajstić information content (AvgIpc) is 2.40. The third-order valence-corrected chi connectivity index (χ3v) is 3.79. The van der Waals surface area contributed by atoms with E-state index < -0.39 is 5.91 Å². The maximum absolute atomic E-state index is 11.5. The summed E-state index contributed by atoms with van der Waals surface area (Å²) in [6, 6.07) is 3.19. The molecule has 20 heavy (non-hydrogen) atoms. The maximum atomic E-state index is 11.5. The zero-order valence-corrected chi connectivity index (χ0v) is 13.0. The molecule has 0 bridgehead atoms. The molecule has 1 rings (SSSR count). The fraction of sp³-hybridized carbons (Fsp3) is 0.533. The van der Waals surface area contributed by atoms with Gasteiger partial charge in [0.1, 0.15) is 0 Å². The highest BCUT2D eigenvalue weighted by molar-refractivity contribution is 6.34. The second kappa shape index (κ2) is 8.00. The first-order chi connectivity index (χ1) is 9.49. The maximum Gasteiger partial charge on any atom is 0.250 e. The molecule has 4 nitrogen and oxygen atoms in total. The number of nitrogens with two attached hydrogens (primary N) is 2. The minimum Gasteiger partial charge on any atom is -0.399 e. The van der Waals surface area contributed by atoms with E-state index in [-0.39, 0.29) is 0 Å². The monoisotopic (exact) mass is 297 g/mol. The van der Waals surface area contributed by atoms with Crippen LogP contribution in [0.4, 0.5) is 11.4 Å². The Balaban J connectivity index is 2.83. The lowest BCUT2D eigenvalue weighted by Gasteiger charge is -2.18. The molecule has 1 unspecified atom stereocenters. The van der Waals surface area contributed by atoms with Gasteiger partial charge in [0.25, 0.3) is 5.91 Å². The van der Waals surface area contributed by atoms with E-state index in [9.17, 15) is 4.79 Å². The molecule has 0 heterocycles. The summed E-state index contributed by atoms with van der Waals surface area (Å²) in [6.07, 6.45) is 4.65. The lowest BCUT2D eigenvalue weighted by molar-refractivity contribution is 0.100. The number of benzene rings is 1. The lowest BCUT2D eigenvalue weighted by atomic mass is 9.99. The molecule has 1 atom stereocenters. The molecule has 0 radical (unpaired) electrons. The molecule has 0 aliphatic rings. The number of nitrogen functional groups attached to an aromatic ring is 1. The smallest absolute Gasteiger partial charge is 0.250 e. The first kappa shape index (κ1) is 16.6. The van der Waals surface area contributed by atoms with Gasteiger partial charge in [0.15, 0.2) is 0 Å². The largest absolute Gasteiger partial charge is 0.399 e. The van der Waals surface area contributed by atoms with Gasteiger partial charge in [-0.2, -0.15) is 0 Å². The van der Waals surface area contributed by atoms with Crippen molar-refractivity contribution in [1.82, 2.24) is 0 Å². The summed E-state index contributed by atoms with van der Waals surface area (Å²) in [5.41, 5.74) is 12.4. The molecule has 0 aromatic heterocycles. The Morgan fingerprint density at radius 1 is 1.40 bits per heavy atom. The zero-order valence-electron chi connectivity index (χ0n) is 12.2. The summed E-state index contributed by atoms with van der Waals surface area (Å²) >= 11 is 6.16. The van der Waals surface area contributed by atoms with Crippen LogP contribution in [0.15, 0.2) is 12.1 Å². The third kappa shape index (κ3) is 4.60. The second-order valence-corrected chi connectivity index (χ2v) is 5.49. The second-order valence-electron chi connectivity index (χ2n) is 5.09. The van der Waals surface area contributed by atoms with Crippen LogP contribution in [-0.2, 0) is 0 Å². The molecule has 0 aliphatic heterocycles. The zero-order chi connectivity index (χ0) is 15.1. The number of carbonyl (C=O) groups excluding carboxylic acids is 1. The summed E-state index contributed by atoms with van der Waals surface area (Å²) in [4.78, 5) is 11.5. The van der Waals surface area contributed by atoms with Crippen LogP contribution in [0.3, 0.4) is 0 Å². The highest BCUT2D eigenvalue weighted by Crippen LogP contribution is 2.29. The first-order valence-corrected chi connectivity index (χ1v) is 7.50. The molecule has 5 N–H and O–H groups in total. The minimum absolute atomic E-state index is 0.348.